The number of thiophene rings is 1. The molecule has 2 fully saturated rings. The molecule has 35 heavy (non-hydrogen) atoms. The van der Waals surface area contributed by atoms with Gasteiger partial charge in [0.1, 0.15) is 0 Å². The number of carbonyl (C=O) groups is 1. The van der Waals surface area contributed by atoms with Gasteiger partial charge in [0.05, 0.1) is 17.9 Å². The molecule has 1 aliphatic heterocycles. The minimum Gasteiger partial charge on any atom is -0.351 e. The molecule has 0 radical (unpaired) electrons. The molecule has 5 nitrogen and oxygen atoms in total. The summed E-state index contributed by atoms with van der Waals surface area (Å²) in [5.41, 5.74) is 4.73. The molecule has 2 aromatic carbocycles. The monoisotopic (exact) mass is 482 g/mol. The zero-order valence-corrected chi connectivity index (χ0v) is 20.6. The fraction of sp³-hybridized carbons (Fsp3) is 0.310. The van der Waals surface area contributed by atoms with E-state index in [9.17, 15) is 4.79 Å². The summed E-state index contributed by atoms with van der Waals surface area (Å²) < 4.78 is 2.00. The molecule has 1 spiro atoms. The van der Waals surface area contributed by atoms with Crippen molar-refractivity contribution in [3.05, 3.63) is 94.8 Å². The molecule has 178 valence electrons. The maximum atomic E-state index is 12.8. The van der Waals surface area contributed by atoms with Crippen molar-refractivity contribution >= 4 is 17.2 Å². The van der Waals surface area contributed by atoms with Crippen molar-refractivity contribution in [2.24, 2.45) is 11.3 Å². The van der Waals surface area contributed by atoms with Crippen LogP contribution in [0.5, 0.6) is 0 Å². The van der Waals surface area contributed by atoms with Crippen molar-refractivity contribution < 1.29 is 4.79 Å². The van der Waals surface area contributed by atoms with Crippen LogP contribution < -0.4 is 5.32 Å². The van der Waals surface area contributed by atoms with Crippen LogP contribution in [-0.2, 0) is 17.9 Å². The molecule has 2 aromatic heterocycles. The first-order valence-corrected chi connectivity index (χ1v) is 13.3. The van der Waals surface area contributed by atoms with Gasteiger partial charge in [-0.15, -0.1) is 11.3 Å². The van der Waals surface area contributed by atoms with E-state index in [2.05, 4.69) is 64.3 Å². The van der Waals surface area contributed by atoms with Crippen LogP contribution in [0.3, 0.4) is 0 Å². The summed E-state index contributed by atoms with van der Waals surface area (Å²) in [5.74, 6) is 0.424. The van der Waals surface area contributed by atoms with Gasteiger partial charge in [-0.25, -0.2) is 4.68 Å². The third kappa shape index (κ3) is 4.68. The molecular formula is C29H30N4OS. The summed E-state index contributed by atoms with van der Waals surface area (Å²) in [7, 11) is 0. The zero-order chi connectivity index (χ0) is 23.7. The van der Waals surface area contributed by atoms with Gasteiger partial charge < -0.3 is 5.32 Å². The largest absolute Gasteiger partial charge is 0.351 e. The third-order valence-electron chi connectivity index (χ3n) is 7.63. The van der Waals surface area contributed by atoms with Gasteiger partial charge >= 0.3 is 0 Å². The Balaban J connectivity index is 1.12. The molecule has 1 saturated heterocycles. The minimum atomic E-state index is 0.185. The quantitative estimate of drug-likeness (QED) is 0.377. The number of rotatable bonds is 7. The maximum Gasteiger partial charge on any atom is 0.223 e. The van der Waals surface area contributed by atoms with Crippen molar-refractivity contribution in [3.8, 4) is 16.9 Å². The Morgan fingerprint density at radius 3 is 2.46 bits per heavy atom. The van der Waals surface area contributed by atoms with Crippen LogP contribution >= 0.6 is 11.3 Å². The number of hydrogen-bond donors (Lipinski definition) is 1. The molecule has 2 aliphatic rings. The summed E-state index contributed by atoms with van der Waals surface area (Å²) in [6, 6.07) is 24.9. The Morgan fingerprint density at radius 1 is 1.00 bits per heavy atom. The lowest BCUT2D eigenvalue weighted by Crippen LogP contribution is -2.36. The summed E-state index contributed by atoms with van der Waals surface area (Å²) in [6.07, 6.45) is 5.41. The van der Waals surface area contributed by atoms with E-state index in [1.807, 2.05) is 35.0 Å². The van der Waals surface area contributed by atoms with Crippen molar-refractivity contribution in [3.63, 3.8) is 0 Å². The third-order valence-corrected chi connectivity index (χ3v) is 8.50. The molecule has 3 heterocycles. The van der Waals surface area contributed by atoms with Crippen LogP contribution in [0.2, 0.25) is 0 Å². The van der Waals surface area contributed by atoms with E-state index in [1.165, 1.54) is 10.4 Å². The second-order valence-corrected chi connectivity index (χ2v) is 10.9. The lowest BCUT2D eigenvalue weighted by Gasteiger charge is -2.32. The van der Waals surface area contributed by atoms with Crippen molar-refractivity contribution in [1.29, 1.82) is 0 Å². The van der Waals surface area contributed by atoms with E-state index in [0.717, 1.165) is 55.8 Å². The lowest BCUT2D eigenvalue weighted by molar-refractivity contribution is -0.123. The number of nitrogens with one attached hydrogen (secondary N) is 1. The Kier molecular flexibility index (Phi) is 6.00. The second-order valence-electron chi connectivity index (χ2n) is 9.84. The second kappa shape index (κ2) is 9.44. The Morgan fingerprint density at radius 2 is 1.74 bits per heavy atom. The number of para-hydroxylation sites is 1. The number of likely N-dealkylation sites (tertiary alicyclic amines) is 1. The van der Waals surface area contributed by atoms with Gasteiger partial charge in [-0.3, -0.25) is 9.69 Å². The van der Waals surface area contributed by atoms with E-state index in [4.69, 9.17) is 5.10 Å². The van der Waals surface area contributed by atoms with E-state index in [0.29, 0.717) is 6.54 Å². The molecule has 1 saturated carbocycles. The van der Waals surface area contributed by atoms with Crippen LogP contribution in [0.15, 0.2) is 84.4 Å². The van der Waals surface area contributed by atoms with E-state index >= 15 is 0 Å². The molecule has 4 aromatic rings. The van der Waals surface area contributed by atoms with E-state index in [-0.39, 0.29) is 17.2 Å². The van der Waals surface area contributed by atoms with Gasteiger partial charge in [0, 0.05) is 34.7 Å². The normalized spacial score (nSPS) is 19.0. The number of hydrogen-bond acceptors (Lipinski definition) is 4. The first-order valence-electron chi connectivity index (χ1n) is 12.4. The van der Waals surface area contributed by atoms with Gasteiger partial charge in [0.15, 0.2) is 0 Å². The summed E-state index contributed by atoms with van der Waals surface area (Å²) in [6.45, 7) is 3.59. The highest BCUT2D eigenvalue weighted by molar-refractivity contribution is 7.09. The fourth-order valence-corrected chi connectivity index (χ4v) is 6.10. The average molecular weight is 483 g/mol. The maximum absolute atomic E-state index is 12.8. The zero-order valence-electron chi connectivity index (χ0n) is 19.8. The average Bonchev–Trinajstić information content (AvgIpc) is 3.23. The standard InChI is InChI=1S/C29H30N4OS/c34-28(30-19-25-12-7-17-35-25)26-18-29(26)13-15-32(16-14-29)20-23-21-33(24-10-5-2-6-11-24)31-27(23)22-8-3-1-4-9-22/h1-12,17,21,26H,13-16,18-20H2,(H,30,34)/t26-/m0/s1. The van der Waals surface area contributed by atoms with Gasteiger partial charge in [-0.1, -0.05) is 54.6 Å². The molecule has 0 bridgehead atoms. The highest BCUT2D eigenvalue weighted by atomic mass is 32.1. The highest BCUT2D eigenvalue weighted by Crippen LogP contribution is 2.59. The van der Waals surface area contributed by atoms with Crippen LogP contribution in [0.1, 0.15) is 29.7 Å². The fourth-order valence-electron chi connectivity index (χ4n) is 5.46. The smallest absolute Gasteiger partial charge is 0.223 e. The number of carbonyl (C=O) groups excluding carboxylic acids is 1. The lowest BCUT2D eigenvalue weighted by atomic mass is 9.90. The molecule has 1 N–H and O–H groups in total. The highest BCUT2D eigenvalue weighted by Gasteiger charge is 2.58. The van der Waals surface area contributed by atoms with Gasteiger partial charge in [-0.2, -0.15) is 5.10 Å². The van der Waals surface area contributed by atoms with Crippen molar-refractivity contribution in [2.45, 2.75) is 32.4 Å². The van der Waals surface area contributed by atoms with Crippen LogP contribution in [-0.4, -0.2) is 33.7 Å². The summed E-state index contributed by atoms with van der Waals surface area (Å²) in [5, 5.41) is 10.2. The van der Waals surface area contributed by atoms with Crippen LogP contribution in [0.25, 0.3) is 16.9 Å². The van der Waals surface area contributed by atoms with Gasteiger partial charge in [0.25, 0.3) is 0 Å². The topological polar surface area (TPSA) is 50.2 Å². The SMILES string of the molecule is O=C(NCc1cccs1)[C@@H]1CC12CCN(Cc1cn(-c3ccccc3)nc1-c1ccccc1)CC2. The van der Waals surface area contributed by atoms with E-state index in [1.54, 1.807) is 11.3 Å². The number of aromatic nitrogens is 2. The molecule has 6 rings (SSSR count). The van der Waals surface area contributed by atoms with Gasteiger partial charge in [-0.05, 0) is 61.3 Å². The first kappa shape index (κ1) is 22.3. The number of nitrogens with zero attached hydrogens (tertiary/aromatic N) is 3. The molecule has 0 unspecified atom stereocenters. The van der Waals surface area contributed by atoms with Crippen molar-refractivity contribution in [1.82, 2.24) is 20.0 Å². The number of piperidine rings is 1. The predicted molar refractivity (Wildman–Crippen MR) is 140 cm³/mol. The van der Waals surface area contributed by atoms with Crippen molar-refractivity contribution in [2.75, 3.05) is 13.1 Å². The summed E-state index contributed by atoms with van der Waals surface area (Å²) in [4.78, 5) is 16.5. The Labute approximate surface area is 210 Å². The predicted octanol–water partition coefficient (Wildman–Crippen LogP) is 5.52. The molecule has 1 aliphatic carbocycles. The molecular weight excluding hydrogens is 452 g/mol. The first-order chi connectivity index (χ1) is 17.2. The van der Waals surface area contributed by atoms with Gasteiger partial charge in [0.2, 0.25) is 5.91 Å². The Hall–Kier alpha value is -3.22. The minimum absolute atomic E-state index is 0.185. The van der Waals surface area contributed by atoms with Crippen LogP contribution in [0.4, 0.5) is 0 Å². The molecule has 1 atom stereocenters. The number of amides is 1. The Bertz CT molecular complexity index is 1270. The van der Waals surface area contributed by atoms with E-state index < -0.39 is 0 Å². The number of benzene rings is 2. The molecule has 1 amide bonds. The molecule has 6 heteroatoms. The van der Waals surface area contributed by atoms with Crippen LogP contribution in [0, 0.1) is 11.3 Å². The summed E-state index contributed by atoms with van der Waals surface area (Å²) >= 11 is 1.70.